The number of carbonyl (C=O) groups is 2. The minimum Gasteiger partial charge on any atom is -0.478 e. The number of anilines is 1. The number of amides is 1. The molecule has 33 heavy (non-hydrogen) atoms. The predicted molar refractivity (Wildman–Crippen MR) is 128 cm³/mol. The molecular weight excluding hydrogens is 438 g/mol. The molecule has 2 aromatic heterocycles. The van der Waals surface area contributed by atoms with Crippen molar-refractivity contribution in [3.05, 3.63) is 81.2 Å². The Kier molecular flexibility index (Phi) is 5.51. The zero-order valence-electron chi connectivity index (χ0n) is 17.7. The van der Waals surface area contributed by atoms with Gasteiger partial charge in [-0.15, -0.1) is 11.3 Å². The number of carboxylic acids is 1. The third-order valence-corrected chi connectivity index (χ3v) is 6.84. The summed E-state index contributed by atoms with van der Waals surface area (Å²) in [6, 6.07) is 12.3. The highest BCUT2D eigenvalue weighted by atomic mass is 32.1. The number of carbonyl (C=O) groups excluding carboxylic acids is 1. The number of hydrogen-bond donors (Lipinski definition) is 2. The van der Waals surface area contributed by atoms with E-state index in [1.54, 1.807) is 0 Å². The molecule has 0 atom stereocenters. The van der Waals surface area contributed by atoms with E-state index < -0.39 is 11.9 Å². The van der Waals surface area contributed by atoms with E-state index in [2.05, 4.69) is 28.5 Å². The molecular formula is C25H21N3O4S. The first-order valence-corrected chi connectivity index (χ1v) is 11.6. The SMILES string of the molecule is O=C(Cn1cnc2scc(-c3ccc4c(c3)CCCC4)c2c1=O)Nc1ccc(C(=O)O)cc1. The van der Waals surface area contributed by atoms with Crippen LogP contribution in [-0.2, 0) is 24.2 Å². The van der Waals surface area contributed by atoms with Gasteiger partial charge in [0.2, 0.25) is 5.91 Å². The lowest BCUT2D eigenvalue weighted by Crippen LogP contribution is -2.27. The third-order valence-electron chi connectivity index (χ3n) is 5.95. The maximum atomic E-state index is 13.3. The van der Waals surface area contributed by atoms with E-state index >= 15 is 0 Å². The monoisotopic (exact) mass is 459 g/mol. The van der Waals surface area contributed by atoms with Crippen LogP contribution in [0, 0.1) is 0 Å². The Morgan fingerprint density at radius 2 is 1.82 bits per heavy atom. The summed E-state index contributed by atoms with van der Waals surface area (Å²) >= 11 is 1.42. The van der Waals surface area contributed by atoms with Gasteiger partial charge in [-0.2, -0.15) is 0 Å². The van der Waals surface area contributed by atoms with Gasteiger partial charge in [-0.05, 0) is 66.6 Å². The van der Waals surface area contributed by atoms with E-state index in [9.17, 15) is 14.4 Å². The Morgan fingerprint density at radius 3 is 2.58 bits per heavy atom. The summed E-state index contributed by atoms with van der Waals surface area (Å²) in [5, 5.41) is 14.2. The van der Waals surface area contributed by atoms with Gasteiger partial charge in [-0.25, -0.2) is 9.78 Å². The van der Waals surface area contributed by atoms with Gasteiger partial charge in [0.25, 0.3) is 5.56 Å². The zero-order valence-corrected chi connectivity index (χ0v) is 18.5. The van der Waals surface area contributed by atoms with Gasteiger partial charge in [0.05, 0.1) is 17.3 Å². The van der Waals surface area contributed by atoms with Crippen molar-refractivity contribution in [3.8, 4) is 11.1 Å². The fraction of sp³-hybridized carbons (Fsp3) is 0.200. The van der Waals surface area contributed by atoms with Crippen molar-refractivity contribution in [3.63, 3.8) is 0 Å². The zero-order chi connectivity index (χ0) is 22.9. The second-order valence-electron chi connectivity index (χ2n) is 8.13. The molecule has 0 aliphatic heterocycles. The molecule has 0 spiro atoms. The molecule has 8 heteroatoms. The van der Waals surface area contributed by atoms with Crippen LogP contribution >= 0.6 is 11.3 Å². The Bertz CT molecular complexity index is 1440. The molecule has 2 aromatic carbocycles. The average molecular weight is 460 g/mol. The summed E-state index contributed by atoms with van der Waals surface area (Å²) in [5.41, 5.74) is 4.90. The molecule has 5 rings (SSSR count). The maximum absolute atomic E-state index is 13.3. The molecule has 1 aliphatic carbocycles. The maximum Gasteiger partial charge on any atom is 0.335 e. The van der Waals surface area contributed by atoms with Gasteiger partial charge in [0.15, 0.2) is 0 Å². The molecule has 0 saturated carbocycles. The van der Waals surface area contributed by atoms with Crippen molar-refractivity contribution < 1.29 is 14.7 Å². The highest BCUT2D eigenvalue weighted by Gasteiger charge is 2.17. The lowest BCUT2D eigenvalue weighted by atomic mass is 9.89. The molecule has 0 fully saturated rings. The van der Waals surface area contributed by atoms with Gasteiger partial charge in [-0.3, -0.25) is 14.2 Å². The number of aromatic carboxylic acids is 1. The van der Waals surface area contributed by atoms with E-state index in [0.717, 1.165) is 24.0 Å². The largest absolute Gasteiger partial charge is 0.478 e. The minimum absolute atomic E-state index is 0.131. The lowest BCUT2D eigenvalue weighted by Gasteiger charge is -2.16. The number of hydrogen-bond acceptors (Lipinski definition) is 5. The van der Waals surface area contributed by atoms with Crippen LogP contribution in [0.2, 0.25) is 0 Å². The summed E-state index contributed by atoms with van der Waals surface area (Å²) in [6.07, 6.45) is 5.95. The van der Waals surface area contributed by atoms with E-state index in [1.807, 2.05) is 5.38 Å². The van der Waals surface area contributed by atoms with Crippen LogP contribution in [0.3, 0.4) is 0 Å². The minimum atomic E-state index is -1.04. The van der Waals surface area contributed by atoms with Crippen molar-refractivity contribution in [2.45, 2.75) is 32.2 Å². The molecule has 0 unspecified atom stereocenters. The molecule has 1 aliphatic rings. The average Bonchev–Trinajstić information content (AvgIpc) is 3.26. The summed E-state index contributed by atoms with van der Waals surface area (Å²) in [7, 11) is 0. The third kappa shape index (κ3) is 4.17. The van der Waals surface area contributed by atoms with Gasteiger partial charge in [0.1, 0.15) is 11.4 Å². The molecule has 166 valence electrons. The Hall–Kier alpha value is -3.78. The lowest BCUT2D eigenvalue weighted by molar-refractivity contribution is -0.116. The first kappa shape index (κ1) is 21.1. The summed E-state index contributed by atoms with van der Waals surface area (Å²) in [5.74, 6) is -1.43. The van der Waals surface area contributed by atoms with E-state index in [1.165, 1.54) is 70.5 Å². The number of aromatic nitrogens is 2. The molecule has 0 bridgehead atoms. The van der Waals surface area contributed by atoms with Crippen LogP contribution in [0.5, 0.6) is 0 Å². The van der Waals surface area contributed by atoms with Crippen LogP contribution in [-0.4, -0.2) is 26.5 Å². The van der Waals surface area contributed by atoms with Crippen LogP contribution < -0.4 is 10.9 Å². The molecule has 0 saturated heterocycles. The smallest absolute Gasteiger partial charge is 0.335 e. The van der Waals surface area contributed by atoms with Crippen molar-refractivity contribution in [1.82, 2.24) is 9.55 Å². The van der Waals surface area contributed by atoms with Crippen LogP contribution in [0.1, 0.15) is 34.3 Å². The molecule has 7 nitrogen and oxygen atoms in total. The van der Waals surface area contributed by atoms with Crippen molar-refractivity contribution in [2.24, 2.45) is 0 Å². The highest BCUT2D eigenvalue weighted by molar-refractivity contribution is 7.17. The molecule has 2 N–H and O–H groups in total. The van der Waals surface area contributed by atoms with E-state index in [4.69, 9.17) is 5.11 Å². The normalized spacial score (nSPS) is 13.0. The number of aryl methyl sites for hydroxylation is 2. The Labute approximate surface area is 193 Å². The predicted octanol–water partition coefficient (Wildman–Crippen LogP) is 4.34. The Balaban J connectivity index is 1.42. The molecule has 2 heterocycles. The Morgan fingerprint density at radius 1 is 1.06 bits per heavy atom. The van der Waals surface area contributed by atoms with Crippen LogP contribution in [0.15, 0.2) is 59.0 Å². The number of fused-ring (bicyclic) bond motifs is 2. The molecule has 0 radical (unpaired) electrons. The van der Waals surface area contributed by atoms with Gasteiger partial charge in [0, 0.05) is 16.6 Å². The quantitative estimate of drug-likeness (QED) is 0.462. The fourth-order valence-corrected chi connectivity index (χ4v) is 5.15. The standard InChI is InChI=1S/C25H21N3O4S/c29-21(27-19-9-7-16(8-10-19)25(31)32)12-28-14-26-23-22(24(28)30)20(13-33-23)18-6-5-15-3-1-2-4-17(15)11-18/h5-11,13-14H,1-4,12H2,(H,27,29)(H,31,32). The summed E-state index contributed by atoms with van der Waals surface area (Å²) in [4.78, 5) is 41.8. The van der Waals surface area contributed by atoms with Crippen LogP contribution in [0.25, 0.3) is 21.3 Å². The number of thiophene rings is 1. The van der Waals surface area contributed by atoms with Crippen molar-refractivity contribution >= 4 is 39.1 Å². The van der Waals surface area contributed by atoms with Crippen molar-refractivity contribution in [2.75, 3.05) is 5.32 Å². The van der Waals surface area contributed by atoms with E-state index in [-0.39, 0.29) is 17.7 Å². The fourth-order valence-electron chi connectivity index (χ4n) is 4.24. The van der Waals surface area contributed by atoms with E-state index in [0.29, 0.717) is 15.9 Å². The number of benzene rings is 2. The first-order valence-electron chi connectivity index (χ1n) is 10.7. The summed E-state index contributed by atoms with van der Waals surface area (Å²) < 4.78 is 1.30. The second-order valence-corrected chi connectivity index (χ2v) is 8.99. The number of rotatable bonds is 5. The van der Waals surface area contributed by atoms with Crippen molar-refractivity contribution in [1.29, 1.82) is 0 Å². The van der Waals surface area contributed by atoms with Crippen LogP contribution in [0.4, 0.5) is 5.69 Å². The molecule has 4 aromatic rings. The number of nitrogens with zero attached hydrogens (tertiary/aromatic N) is 2. The number of carboxylic acid groups (broad SMARTS) is 1. The summed E-state index contributed by atoms with van der Waals surface area (Å²) in [6.45, 7) is -0.193. The van der Waals surface area contributed by atoms with Gasteiger partial charge < -0.3 is 10.4 Å². The number of nitrogens with one attached hydrogen (secondary N) is 1. The molecule has 1 amide bonds. The second kappa shape index (κ2) is 8.63. The highest BCUT2D eigenvalue weighted by Crippen LogP contribution is 2.33. The van der Waals surface area contributed by atoms with Gasteiger partial charge in [-0.1, -0.05) is 18.2 Å². The van der Waals surface area contributed by atoms with Gasteiger partial charge >= 0.3 is 5.97 Å². The first-order chi connectivity index (χ1) is 16.0. The topological polar surface area (TPSA) is 101 Å².